The minimum Gasteiger partial charge on any atom is -0.511 e. The number of unbranched alkanes of at least 4 members (excludes halogenated alkanes) is 1. The van der Waals surface area contributed by atoms with Crippen LogP contribution in [0.2, 0.25) is 0 Å². The van der Waals surface area contributed by atoms with Crippen molar-refractivity contribution in [3.05, 3.63) is 59.2 Å². The maximum atomic E-state index is 10.5. The third-order valence-electron chi connectivity index (χ3n) is 7.42. The Bertz CT molecular complexity index is 1020. The number of pyridine rings is 2. The quantitative estimate of drug-likeness (QED) is 0.349. The lowest BCUT2D eigenvalue weighted by atomic mass is 10.00. The predicted octanol–water partition coefficient (Wildman–Crippen LogP) is 4.95. The van der Waals surface area contributed by atoms with Gasteiger partial charge in [0.2, 0.25) is 0 Å². The smallest absolute Gasteiger partial charge is 0.133 e. The molecule has 0 bridgehead atoms. The minimum absolute atomic E-state index is 0.184. The second-order valence-corrected chi connectivity index (χ2v) is 10.1. The highest BCUT2D eigenvalue weighted by atomic mass is 16.5. The molecule has 2 N–H and O–H groups in total. The van der Waals surface area contributed by atoms with Crippen LogP contribution in [0.5, 0.6) is 5.75 Å². The molecule has 2 fully saturated rings. The van der Waals surface area contributed by atoms with Gasteiger partial charge in [-0.25, -0.2) is 4.98 Å². The summed E-state index contributed by atoms with van der Waals surface area (Å²) in [6, 6.07) is 5.95. The first-order valence-electron chi connectivity index (χ1n) is 13.1. The van der Waals surface area contributed by atoms with Crippen LogP contribution in [-0.2, 0) is 17.6 Å². The molecule has 2 aromatic rings. The topological polar surface area (TPSA) is 79.7 Å². The number of fused-ring (bicyclic) bond motifs is 1. The Kier molecular flexibility index (Phi) is 7.54. The number of rotatable bonds is 11. The van der Waals surface area contributed by atoms with E-state index in [0.717, 1.165) is 93.3 Å². The lowest BCUT2D eigenvalue weighted by Crippen LogP contribution is -2.30. The monoisotopic (exact) mass is 478 g/mol. The third kappa shape index (κ3) is 5.62. The highest BCUT2D eigenvalue weighted by Crippen LogP contribution is 2.44. The van der Waals surface area contributed by atoms with Crippen molar-refractivity contribution in [3.63, 3.8) is 0 Å². The molecule has 0 amide bonds. The minimum atomic E-state index is -0.202. The van der Waals surface area contributed by atoms with E-state index < -0.39 is 0 Å². The zero-order valence-electron chi connectivity index (χ0n) is 20.8. The molecular weight excluding hydrogens is 440 g/mol. The number of hydrogen-bond acceptors (Lipinski definition) is 7. The Balaban J connectivity index is 1.10. The van der Waals surface area contributed by atoms with Crippen molar-refractivity contribution >= 4 is 5.82 Å². The van der Waals surface area contributed by atoms with Crippen molar-refractivity contribution in [3.8, 4) is 5.75 Å². The molecule has 0 radical (unpaired) electrons. The van der Waals surface area contributed by atoms with Crippen LogP contribution in [0.4, 0.5) is 5.82 Å². The highest BCUT2D eigenvalue weighted by Gasteiger charge is 2.36. The molecule has 1 saturated heterocycles. The van der Waals surface area contributed by atoms with E-state index in [1.807, 2.05) is 12.3 Å². The second-order valence-electron chi connectivity index (χ2n) is 10.1. The zero-order chi connectivity index (χ0) is 24.2. The Morgan fingerprint density at radius 2 is 2.20 bits per heavy atom. The van der Waals surface area contributed by atoms with Gasteiger partial charge in [0, 0.05) is 61.4 Å². The molecule has 188 valence electrons. The first kappa shape index (κ1) is 24.1. The molecule has 3 aliphatic rings. The molecule has 2 aromatic heterocycles. The van der Waals surface area contributed by atoms with Crippen LogP contribution < -0.4 is 10.1 Å². The number of anilines is 1. The van der Waals surface area contributed by atoms with E-state index in [2.05, 4.69) is 33.9 Å². The molecule has 2 aliphatic heterocycles. The summed E-state index contributed by atoms with van der Waals surface area (Å²) in [5.41, 5.74) is 4.51. The van der Waals surface area contributed by atoms with Crippen molar-refractivity contribution in [1.29, 1.82) is 0 Å². The van der Waals surface area contributed by atoms with Crippen molar-refractivity contribution in [2.45, 2.75) is 69.4 Å². The van der Waals surface area contributed by atoms with E-state index in [4.69, 9.17) is 14.5 Å². The summed E-state index contributed by atoms with van der Waals surface area (Å²) in [7, 11) is 1.74. The second kappa shape index (κ2) is 11.0. The zero-order valence-corrected chi connectivity index (χ0v) is 20.8. The first-order chi connectivity index (χ1) is 17.1. The van der Waals surface area contributed by atoms with E-state index in [1.165, 1.54) is 18.4 Å². The lowest BCUT2D eigenvalue weighted by Gasteiger charge is -2.28. The van der Waals surface area contributed by atoms with Crippen LogP contribution in [0.3, 0.4) is 0 Å². The maximum Gasteiger partial charge on any atom is 0.133 e. The molecule has 1 unspecified atom stereocenters. The van der Waals surface area contributed by atoms with Gasteiger partial charge in [-0.05, 0) is 63.0 Å². The summed E-state index contributed by atoms with van der Waals surface area (Å²) in [4.78, 5) is 11.8. The number of aliphatic hydroxyl groups excluding tert-OH is 1. The summed E-state index contributed by atoms with van der Waals surface area (Å²) in [6.07, 6.45) is 10.5. The van der Waals surface area contributed by atoms with Crippen molar-refractivity contribution < 1.29 is 14.6 Å². The van der Waals surface area contributed by atoms with Gasteiger partial charge >= 0.3 is 0 Å². The molecule has 7 heteroatoms. The van der Waals surface area contributed by atoms with Crippen LogP contribution in [0.15, 0.2) is 36.7 Å². The van der Waals surface area contributed by atoms with Gasteiger partial charge in [-0.2, -0.15) is 0 Å². The van der Waals surface area contributed by atoms with Crippen LogP contribution >= 0.6 is 0 Å². The van der Waals surface area contributed by atoms with Gasteiger partial charge in [-0.1, -0.05) is 12.6 Å². The van der Waals surface area contributed by atoms with Crippen LogP contribution in [-0.4, -0.2) is 59.4 Å². The molecule has 0 spiro atoms. The first-order valence-corrected chi connectivity index (χ1v) is 13.1. The molecule has 5 rings (SSSR count). The highest BCUT2D eigenvalue weighted by molar-refractivity contribution is 5.54. The van der Waals surface area contributed by atoms with Crippen molar-refractivity contribution in [1.82, 2.24) is 14.9 Å². The Morgan fingerprint density at radius 3 is 3.00 bits per heavy atom. The molecule has 7 nitrogen and oxygen atoms in total. The number of aromatic nitrogens is 2. The van der Waals surface area contributed by atoms with Gasteiger partial charge in [0.25, 0.3) is 0 Å². The van der Waals surface area contributed by atoms with Gasteiger partial charge in [0.05, 0.1) is 19.3 Å². The van der Waals surface area contributed by atoms with E-state index in [0.29, 0.717) is 5.92 Å². The predicted molar refractivity (Wildman–Crippen MR) is 137 cm³/mol. The number of likely N-dealkylation sites (tertiary alicyclic amines) is 1. The van der Waals surface area contributed by atoms with Gasteiger partial charge < -0.3 is 19.9 Å². The fourth-order valence-electron chi connectivity index (χ4n) is 5.50. The van der Waals surface area contributed by atoms with Crippen molar-refractivity contribution in [2.24, 2.45) is 0 Å². The summed E-state index contributed by atoms with van der Waals surface area (Å²) in [5, 5.41) is 13.9. The molecule has 2 atom stereocenters. The van der Waals surface area contributed by atoms with E-state index >= 15 is 0 Å². The van der Waals surface area contributed by atoms with Crippen LogP contribution in [0, 0.1) is 0 Å². The molecule has 4 heterocycles. The average Bonchev–Trinajstić information content (AvgIpc) is 3.62. The average molecular weight is 479 g/mol. The lowest BCUT2D eigenvalue weighted by molar-refractivity contribution is 0.0524. The number of hydrogen-bond donors (Lipinski definition) is 2. The van der Waals surface area contributed by atoms with E-state index in [9.17, 15) is 5.11 Å². The summed E-state index contributed by atoms with van der Waals surface area (Å²) < 4.78 is 11.8. The fourth-order valence-corrected chi connectivity index (χ4v) is 5.50. The summed E-state index contributed by atoms with van der Waals surface area (Å²) in [6.45, 7) is 7.31. The fraction of sp³-hybridized carbons (Fsp3) is 0.571. The van der Waals surface area contributed by atoms with Crippen molar-refractivity contribution in [2.75, 3.05) is 38.7 Å². The molecule has 1 aliphatic carbocycles. The SMILES string of the molecule is C=C(O)C(c1cccnc1C1CC1)N1CC[C@@H](OCCCCc2cc(OC)c3c(n2)NCCC3)C1. The number of nitrogens with one attached hydrogen (secondary N) is 1. The number of nitrogens with zero attached hydrogens (tertiary/aromatic N) is 3. The molecular formula is C28H38N4O3. The van der Waals surface area contributed by atoms with Crippen LogP contribution in [0.25, 0.3) is 0 Å². The van der Waals surface area contributed by atoms with E-state index in [1.54, 1.807) is 7.11 Å². The summed E-state index contributed by atoms with van der Waals surface area (Å²) in [5.74, 6) is 2.68. The van der Waals surface area contributed by atoms with E-state index in [-0.39, 0.29) is 17.9 Å². The standard InChI is InChI=1S/C28H38N4O3/c1-19(33)27(24-9-6-13-29-26(24)20-10-11-20)32-15-12-22(18-32)35-16-4-3-7-21-17-25(34-2)23-8-5-14-30-28(23)31-21/h6,9,13,17,20,22,27,33H,1,3-5,7-8,10-12,14-16,18H2,2H3,(H,30,31)/t22-,27?/m1/s1. The molecule has 0 aromatic carbocycles. The number of aliphatic hydroxyl groups is 1. The third-order valence-corrected chi connectivity index (χ3v) is 7.42. The number of methoxy groups -OCH3 is 1. The Labute approximate surface area is 208 Å². The number of aryl methyl sites for hydroxylation is 1. The van der Waals surface area contributed by atoms with Gasteiger partial charge in [-0.3, -0.25) is 9.88 Å². The van der Waals surface area contributed by atoms with Gasteiger partial charge in [0.15, 0.2) is 0 Å². The largest absolute Gasteiger partial charge is 0.511 e. The Morgan fingerprint density at radius 1 is 1.31 bits per heavy atom. The number of ether oxygens (including phenoxy) is 2. The normalized spacial score (nSPS) is 20.8. The maximum absolute atomic E-state index is 10.5. The van der Waals surface area contributed by atoms with Crippen LogP contribution in [0.1, 0.15) is 73.0 Å². The summed E-state index contributed by atoms with van der Waals surface area (Å²) >= 11 is 0. The molecule has 35 heavy (non-hydrogen) atoms. The van der Waals surface area contributed by atoms with Gasteiger partial charge in [0.1, 0.15) is 17.3 Å². The molecule has 1 saturated carbocycles. The Hall–Kier alpha value is -2.64. The van der Waals surface area contributed by atoms with Gasteiger partial charge in [-0.15, -0.1) is 0 Å².